The highest BCUT2D eigenvalue weighted by molar-refractivity contribution is 5.83. The van der Waals surface area contributed by atoms with Gasteiger partial charge in [-0.25, -0.2) is 0 Å². The molecule has 3 heterocycles. The fourth-order valence-corrected chi connectivity index (χ4v) is 13.2. The Balaban J connectivity index is 0.00000338. The highest BCUT2D eigenvalue weighted by Gasteiger charge is 2.80. The Kier molecular flexibility index (Phi) is 7.09. The van der Waals surface area contributed by atoms with Gasteiger partial charge in [-0.1, -0.05) is 20.8 Å². The summed E-state index contributed by atoms with van der Waals surface area (Å²) in [5, 5.41) is 21.4. The van der Waals surface area contributed by atoms with Gasteiger partial charge in [0.1, 0.15) is 6.10 Å². The number of aliphatic hydroxyl groups excluding tert-OH is 1. The first-order chi connectivity index (χ1) is 21.1. The van der Waals surface area contributed by atoms with Crippen LogP contribution in [0, 0.1) is 50.7 Å². The largest absolute Gasteiger partial charge is 0.388 e. The summed E-state index contributed by atoms with van der Waals surface area (Å²) in [7, 11) is 0. The molecule has 2 spiro atoms. The van der Waals surface area contributed by atoms with Crippen LogP contribution in [0.5, 0.6) is 0 Å². The van der Waals surface area contributed by atoms with E-state index in [4.69, 9.17) is 18.9 Å². The standard InChI is InChI=1S/C37H59NO7.H2/c1-32(2)27-10-8-22-24-17-26-23(7-9-25(44-26)30(39)33(3,4)41)35(24,6)13-14-36(22)19-37(27,36)12-11-28(32)45-29-18-38(15-16-43-29)31(40)34(5)20-42-21-34;/h22-30,39,41H,7-21H2,1-6H3;1H/t22?,23?,24?,25?,26?,27?,28-,29?,30-,35+,36-,37?;/m0./s1. The molecule has 5 aliphatic carbocycles. The Labute approximate surface area is 271 Å². The minimum Gasteiger partial charge on any atom is -0.388 e. The SMILES string of the molecule is CC1(C(=O)N2CCOC(O[C@H]3CCC45C[C@]46CC[C@]4(C)C7CCC([C@H](O)C(C)(C)O)OC7CC4C6CCC5C3(C)C)C2)COC1.[HH]. The molecule has 0 aromatic rings. The second-order valence-corrected chi connectivity index (χ2v) is 18.7. The molecule has 256 valence electrons. The van der Waals surface area contributed by atoms with Crippen LogP contribution in [0.15, 0.2) is 0 Å². The van der Waals surface area contributed by atoms with Crippen molar-refractivity contribution < 1.29 is 35.4 Å². The molecule has 5 saturated carbocycles. The van der Waals surface area contributed by atoms with Crippen LogP contribution in [0.1, 0.15) is 107 Å². The summed E-state index contributed by atoms with van der Waals surface area (Å²) >= 11 is 0. The molecule has 0 bridgehead atoms. The van der Waals surface area contributed by atoms with Crippen molar-refractivity contribution in [3.63, 3.8) is 0 Å². The maximum Gasteiger partial charge on any atom is 0.233 e. The summed E-state index contributed by atoms with van der Waals surface area (Å²) in [6.45, 7) is 15.6. The highest BCUT2D eigenvalue weighted by Crippen LogP contribution is 2.87. The first-order valence-electron chi connectivity index (χ1n) is 18.3. The zero-order valence-electron chi connectivity index (χ0n) is 28.7. The van der Waals surface area contributed by atoms with Gasteiger partial charge in [0.2, 0.25) is 5.91 Å². The van der Waals surface area contributed by atoms with Crippen LogP contribution in [0.4, 0.5) is 0 Å². The van der Waals surface area contributed by atoms with E-state index in [1.165, 1.54) is 38.5 Å². The summed E-state index contributed by atoms with van der Waals surface area (Å²) in [5.41, 5.74) is -0.257. The number of hydrogen-bond donors (Lipinski definition) is 2. The van der Waals surface area contributed by atoms with E-state index in [9.17, 15) is 15.0 Å². The minimum atomic E-state index is -1.14. The van der Waals surface area contributed by atoms with Crippen LogP contribution in [0.3, 0.4) is 0 Å². The van der Waals surface area contributed by atoms with E-state index in [0.717, 1.165) is 31.6 Å². The van der Waals surface area contributed by atoms with Crippen LogP contribution < -0.4 is 0 Å². The molecule has 8 heteroatoms. The van der Waals surface area contributed by atoms with Crippen molar-refractivity contribution in [3.05, 3.63) is 0 Å². The molecule has 0 aromatic carbocycles. The normalized spacial score (nSPS) is 50.2. The van der Waals surface area contributed by atoms with Gasteiger partial charge in [0, 0.05) is 7.97 Å². The zero-order chi connectivity index (χ0) is 31.8. The molecule has 3 aliphatic heterocycles. The number of carbonyl (C=O) groups is 1. The lowest BCUT2D eigenvalue weighted by Crippen LogP contribution is -2.59. The van der Waals surface area contributed by atoms with Gasteiger partial charge in [0.15, 0.2) is 6.29 Å². The van der Waals surface area contributed by atoms with Gasteiger partial charge in [-0.3, -0.25) is 4.79 Å². The number of amides is 1. The van der Waals surface area contributed by atoms with Crippen molar-refractivity contribution in [1.82, 2.24) is 4.90 Å². The van der Waals surface area contributed by atoms with Crippen molar-refractivity contribution in [2.75, 3.05) is 32.9 Å². The molecule has 8 fully saturated rings. The Morgan fingerprint density at radius 1 is 0.978 bits per heavy atom. The lowest BCUT2D eigenvalue weighted by molar-refractivity contribution is -0.247. The summed E-state index contributed by atoms with van der Waals surface area (Å²) < 4.78 is 25.0. The molecule has 1 amide bonds. The number of nitrogens with zero attached hydrogens (tertiary/aromatic N) is 1. The van der Waals surface area contributed by atoms with Crippen LogP contribution in [0.25, 0.3) is 0 Å². The lowest BCUT2D eigenvalue weighted by Gasteiger charge is -2.60. The van der Waals surface area contributed by atoms with Gasteiger partial charge in [-0.05, 0) is 130 Å². The quantitative estimate of drug-likeness (QED) is 0.432. The molecule has 2 N–H and O–H groups in total. The van der Waals surface area contributed by atoms with Crippen molar-refractivity contribution in [2.45, 2.75) is 142 Å². The van der Waals surface area contributed by atoms with Crippen molar-refractivity contribution in [3.8, 4) is 0 Å². The summed E-state index contributed by atoms with van der Waals surface area (Å²) in [4.78, 5) is 15.2. The molecule has 8 unspecified atom stereocenters. The van der Waals surface area contributed by atoms with Gasteiger partial charge in [-0.2, -0.15) is 0 Å². The second kappa shape index (κ2) is 10.1. The predicted octanol–water partition coefficient (Wildman–Crippen LogP) is 5.18. The Morgan fingerprint density at radius 2 is 1.73 bits per heavy atom. The third kappa shape index (κ3) is 4.40. The highest BCUT2D eigenvalue weighted by atomic mass is 16.7. The Hall–Kier alpha value is -0.770. The molecule has 45 heavy (non-hydrogen) atoms. The van der Waals surface area contributed by atoms with Crippen molar-refractivity contribution in [1.29, 1.82) is 0 Å². The molecular formula is C37H61NO7. The molecule has 8 rings (SSSR count). The van der Waals surface area contributed by atoms with Gasteiger partial charge >= 0.3 is 0 Å². The number of rotatable bonds is 5. The van der Waals surface area contributed by atoms with E-state index in [1.807, 2.05) is 11.8 Å². The Morgan fingerprint density at radius 3 is 2.44 bits per heavy atom. The van der Waals surface area contributed by atoms with Crippen LogP contribution >= 0.6 is 0 Å². The van der Waals surface area contributed by atoms with Gasteiger partial charge in [-0.15, -0.1) is 0 Å². The molecule has 12 atom stereocenters. The average molecular weight is 632 g/mol. The first-order valence-corrected chi connectivity index (χ1v) is 18.3. The average Bonchev–Trinajstić information content (AvgIpc) is 3.56. The number of morpholine rings is 1. The van der Waals surface area contributed by atoms with E-state index in [0.29, 0.717) is 66.9 Å². The van der Waals surface area contributed by atoms with E-state index in [-0.39, 0.29) is 37.4 Å². The fraction of sp³-hybridized carbons (Fsp3) is 0.973. The van der Waals surface area contributed by atoms with E-state index in [2.05, 4.69) is 20.8 Å². The smallest absolute Gasteiger partial charge is 0.233 e. The molecule has 3 saturated heterocycles. The zero-order valence-corrected chi connectivity index (χ0v) is 28.7. The van der Waals surface area contributed by atoms with E-state index >= 15 is 0 Å². The third-order valence-electron chi connectivity index (χ3n) is 15.6. The molecular weight excluding hydrogens is 570 g/mol. The minimum absolute atomic E-state index is 0. The van der Waals surface area contributed by atoms with Crippen LogP contribution in [0.2, 0.25) is 0 Å². The third-order valence-corrected chi connectivity index (χ3v) is 15.6. The summed E-state index contributed by atoms with van der Waals surface area (Å²) in [6, 6.07) is 0. The van der Waals surface area contributed by atoms with E-state index < -0.39 is 17.1 Å². The van der Waals surface area contributed by atoms with Crippen molar-refractivity contribution in [2.24, 2.45) is 50.7 Å². The van der Waals surface area contributed by atoms with Gasteiger partial charge in [0.05, 0.1) is 55.7 Å². The number of aliphatic hydroxyl groups is 2. The number of ether oxygens (including phenoxy) is 4. The number of hydrogen-bond acceptors (Lipinski definition) is 7. The topological polar surface area (TPSA) is 97.7 Å². The van der Waals surface area contributed by atoms with Gasteiger partial charge < -0.3 is 34.1 Å². The predicted molar refractivity (Wildman–Crippen MR) is 170 cm³/mol. The second-order valence-electron chi connectivity index (χ2n) is 18.7. The van der Waals surface area contributed by atoms with E-state index in [1.54, 1.807) is 13.8 Å². The summed E-state index contributed by atoms with van der Waals surface area (Å²) in [6.07, 6.45) is 10.9. The Bertz CT molecular complexity index is 1200. The molecule has 0 aromatic heterocycles. The van der Waals surface area contributed by atoms with Crippen molar-refractivity contribution >= 4 is 5.91 Å². The van der Waals surface area contributed by atoms with Gasteiger partial charge in [0.25, 0.3) is 0 Å². The van der Waals surface area contributed by atoms with Crippen LogP contribution in [-0.2, 0) is 23.7 Å². The molecule has 0 radical (unpaired) electrons. The number of carbonyl (C=O) groups excluding carboxylic acids is 1. The monoisotopic (exact) mass is 631 g/mol. The summed E-state index contributed by atoms with van der Waals surface area (Å²) in [5.74, 6) is 2.86. The molecule has 8 nitrogen and oxygen atoms in total. The number of fused-ring (bicyclic) bond motifs is 4. The maximum atomic E-state index is 13.2. The first kappa shape index (κ1) is 31.5. The fourth-order valence-electron chi connectivity index (χ4n) is 13.2. The maximum absolute atomic E-state index is 13.2. The lowest BCUT2D eigenvalue weighted by atomic mass is 9.46. The molecule has 8 aliphatic rings. The van der Waals surface area contributed by atoms with Crippen LogP contribution in [-0.4, -0.2) is 90.2 Å².